The van der Waals surface area contributed by atoms with Gasteiger partial charge in [0.05, 0.1) is 5.69 Å². The Morgan fingerprint density at radius 1 is 1.10 bits per heavy atom. The minimum atomic E-state index is -5.72. The van der Waals surface area contributed by atoms with Crippen molar-refractivity contribution in [2.45, 2.75) is 12.1 Å². The number of nitrogens with zero attached hydrogens (tertiary/aromatic N) is 3. The lowest BCUT2D eigenvalue weighted by Gasteiger charge is -2.20. The number of alkyl halides is 5. The van der Waals surface area contributed by atoms with Crippen LogP contribution < -0.4 is 5.43 Å². The largest absolute Gasteiger partial charge is 0.458 e. The second-order valence-corrected chi connectivity index (χ2v) is 3.45. The van der Waals surface area contributed by atoms with Crippen LogP contribution in [0.1, 0.15) is 5.56 Å². The van der Waals surface area contributed by atoms with Crippen molar-refractivity contribution in [3.63, 3.8) is 0 Å². The molecule has 1 rings (SSSR count). The average molecular weight is 288 g/mol. The molecule has 0 bridgehead atoms. The molecule has 20 heavy (non-hydrogen) atoms. The van der Waals surface area contributed by atoms with E-state index in [0.717, 1.165) is 12.1 Å². The molecule has 9 heteroatoms. The number of anilines is 1. The van der Waals surface area contributed by atoms with Gasteiger partial charge in [-0.05, 0) is 12.1 Å². The zero-order valence-electron chi connectivity index (χ0n) is 9.54. The minimum absolute atomic E-state index is 0.213. The highest BCUT2D eigenvalue weighted by Crippen LogP contribution is 2.44. The number of hydrazone groups is 1. The number of nitriles is 2. The highest BCUT2D eigenvalue weighted by atomic mass is 19.4. The van der Waals surface area contributed by atoms with Crippen molar-refractivity contribution in [1.82, 2.24) is 0 Å². The van der Waals surface area contributed by atoms with E-state index in [1.54, 1.807) is 0 Å². The fourth-order valence-corrected chi connectivity index (χ4v) is 1.14. The molecule has 1 N–H and O–H groups in total. The first-order valence-electron chi connectivity index (χ1n) is 4.91. The van der Waals surface area contributed by atoms with Crippen LogP contribution in [0.5, 0.6) is 0 Å². The Morgan fingerprint density at radius 2 is 1.70 bits per heavy atom. The molecule has 0 unspecified atom stereocenters. The number of benzene rings is 1. The molecule has 0 atom stereocenters. The van der Waals surface area contributed by atoms with Gasteiger partial charge in [-0.25, -0.2) is 0 Å². The molecular weight excluding hydrogens is 283 g/mol. The van der Waals surface area contributed by atoms with E-state index in [1.807, 2.05) is 0 Å². The van der Waals surface area contributed by atoms with Crippen LogP contribution in [0.25, 0.3) is 0 Å². The van der Waals surface area contributed by atoms with E-state index in [9.17, 15) is 22.0 Å². The van der Waals surface area contributed by atoms with Crippen molar-refractivity contribution in [1.29, 1.82) is 10.5 Å². The molecule has 0 heterocycles. The van der Waals surface area contributed by atoms with Gasteiger partial charge in [-0.15, -0.1) is 0 Å². The van der Waals surface area contributed by atoms with Crippen molar-refractivity contribution in [2.75, 3.05) is 5.43 Å². The molecule has 0 saturated heterocycles. The first kappa shape index (κ1) is 15.4. The maximum absolute atomic E-state index is 13.1. The van der Waals surface area contributed by atoms with Crippen molar-refractivity contribution < 1.29 is 22.0 Å². The zero-order chi connectivity index (χ0) is 15.4. The van der Waals surface area contributed by atoms with Crippen molar-refractivity contribution in [3.8, 4) is 12.1 Å². The molecule has 0 aromatic heterocycles. The molecule has 104 valence electrons. The molecule has 0 radical (unpaired) electrons. The van der Waals surface area contributed by atoms with Crippen LogP contribution in [0.2, 0.25) is 0 Å². The summed E-state index contributed by atoms with van der Waals surface area (Å²) in [6.45, 7) is 0. The number of hydrogen-bond donors (Lipinski definition) is 1. The summed E-state index contributed by atoms with van der Waals surface area (Å²) < 4.78 is 62.7. The predicted molar refractivity (Wildman–Crippen MR) is 58.7 cm³/mol. The third kappa shape index (κ3) is 3.20. The Bertz CT molecular complexity index is 590. The Kier molecular flexibility index (Phi) is 4.25. The van der Waals surface area contributed by atoms with Crippen LogP contribution in [0.3, 0.4) is 0 Å². The summed E-state index contributed by atoms with van der Waals surface area (Å²) >= 11 is 0. The Labute approximate surface area is 109 Å². The third-order valence-electron chi connectivity index (χ3n) is 2.09. The number of hydrogen-bond acceptors (Lipinski definition) is 4. The maximum atomic E-state index is 13.1. The predicted octanol–water partition coefficient (Wildman–Crippen LogP) is 3.16. The fraction of sp³-hybridized carbons (Fsp3) is 0.182. The number of halogens is 5. The molecule has 0 aliphatic rings. The first-order chi connectivity index (χ1) is 9.22. The van der Waals surface area contributed by atoms with Gasteiger partial charge in [0.2, 0.25) is 5.71 Å². The molecule has 1 aromatic carbocycles. The van der Waals surface area contributed by atoms with Crippen LogP contribution in [-0.4, -0.2) is 11.9 Å². The molecule has 0 saturated carbocycles. The van der Waals surface area contributed by atoms with Gasteiger partial charge in [-0.1, -0.05) is 12.1 Å². The standard InChI is InChI=1S/C11H5F5N4/c12-10(13,11(14,15)16)7-2-1-3-8(4-7)19-20-9(5-17)6-18/h1-4,19H. The molecule has 0 spiro atoms. The summed E-state index contributed by atoms with van der Waals surface area (Å²) in [5.41, 5.74) is -0.0369. The Hall–Kier alpha value is -2.68. The zero-order valence-corrected chi connectivity index (χ0v) is 9.54. The lowest BCUT2D eigenvalue weighted by Crippen LogP contribution is -2.33. The topological polar surface area (TPSA) is 72.0 Å². The van der Waals surface area contributed by atoms with Crippen LogP contribution >= 0.6 is 0 Å². The fourth-order valence-electron chi connectivity index (χ4n) is 1.14. The second kappa shape index (κ2) is 5.53. The highest BCUT2D eigenvalue weighted by molar-refractivity contribution is 6.10. The summed E-state index contributed by atoms with van der Waals surface area (Å²) in [6, 6.07) is 6.04. The summed E-state index contributed by atoms with van der Waals surface area (Å²) in [6.07, 6.45) is -5.72. The molecule has 0 amide bonds. The van der Waals surface area contributed by atoms with Crippen LogP contribution in [0, 0.1) is 22.7 Å². The molecule has 0 aliphatic carbocycles. The van der Waals surface area contributed by atoms with Gasteiger partial charge in [-0.3, -0.25) is 5.43 Å². The van der Waals surface area contributed by atoms with Gasteiger partial charge in [-0.2, -0.15) is 37.6 Å². The van der Waals surface area contributed by atoms with Gasteiger partial charge >= 0.3 is 12.1 Å². The van der Waals surface area contributed by atoms with Crippen molar-refractivity contribution in [3.05, 3.63) is 29.8 Å². The molecule has 0 aliphatic heterocycles. The summed E-state index contributed by atoms with van der Waals surface area (Å²) in [4.78, 5) is 0. The van der Waals surface area contributed by atoms with Crippen LogP contribution in [0.15, 0.2) is 29.4 Å². The third-order valence-corrected chi connectivity index (χ3v) is 2.09. The minimum Gasteiger partial charge on any atom is -0.276 e. The van der Waals surface area contributed by atoms with E-state index < -0.39 is 23.4 Å². The smallest absolute Gasteiger partial charge is 0.276 e. The van der Waals surface area contributed by atoms with E-state index in [4.69, 9.17) is 10.5 Å². The lowest BCUT2D eigenvalue weighted by atomic mass is 10.1. The Morgan fingerprint density at radius 3 is 2.20 bits per heavy atom. The van der Waals surface area contributed by atoms with Gasteiger partial charge < -0.3 is 0 Å². The van der Waals surface area contributed by atoms with Gasteiger partial charge in [0.15, 0.2) is 0 Å². The maximum Gasteiger partial charge on any atom is 0.458 e. The van der Waals surface area contributed by atoms with E-state index in [1.165, 1.54) is 12.1 Å². The SMILES string of the molecule is N#CC(C#N)=NNc1cccc(C(F)(F)C(F)(F)F)c1. The lowest BCUT2D eigenvalue weighted by molar-refractivity contribution is -0.289. The average Bonchev–Trinajstić information content (AvgIpc) is 2.39. The second-order valence-electron chi connectivity index (χ2n) is 3.45. The van der Waals surface area contributed by atoms with Crippen LogP contribution in [0.4, 0.5) is 27.6 Å². The van der Waals surface area contributed by atoms with Crippen molar-refractivity contribution >= 4 is 11.4 Å². The van der Waals surface area contributed by atoms with E-state index in [2.05, 4.69) is 10.5 Å². The van der Waals surface area contributed by atoms with Gasteiger partial charge in [0, 0.05) is 5.56 Å². The van der Waals surface area contributed by atoms with Crippen LogP contribution in [-0.2, 0) is 5.92 Å². The van der Waals surface area contributed by atoms with E-state index in [0.29, 0.717) is 12.1 Å². The quantitative estimate of drug-likeness (QED) is 0.527. The van der Waals surface area contributed by atoms with E-state index >= 15 is 0 Å². The number of nitrogens with one attached hydrogen (secondary N) is 1. The summed E-state index contributed by atoms with van der Waals surface area (Å²) in [5, 5.41) is 20.0. The molecule has 4 nitrogen and oxygen atoms in total. The summed E-state index contributed by atoms with van der Waals surface area (Å²) in [7, 11) is 0. The number of rotatable bonds is 3. The first-order valence-corrected chi connectivity index (χ1v) is 4.91. The molecular formula is C11H5F5N4. The van der Waals surface area contributed by atoms with E-state index in [-0.39, 0.29) is 5.69 Å². The monoisotopic (exact) mass is 288 g/mol. The Balaban J connectivity index is 3.08. The molecule has 1 aromatic rings. The van der Waals surface area contributed by atoms with Crippen molar-refractivity contribution in [2.24, 2.45) is 5.10 Å². The van der Waals surface area contributed by atoms with Gasteiger partial charge in [0.1, 0.15) is 12.1 Å². The normalized spacial score (nSPS) is 11.2. The van der Waals surface area contributed by atoms with Gasteiger partial charge in [0.25, 0.3) is 0 Å². The summed E-state index contributed by atoms with van der Waals surface area (Å²) in [5.74, 6) is -5.01. The molecule has 0 fully saturated rings. The highest BCUT2D eigenvalue weighted by Gasteiger charge is 2.58.